The third-order valence-corrected chi connectivity index (χ3v) is 6.70. The number of imidazole rings is 2. The predicted octanol–water partition coefficient (Wildman–Crippen LogP) is 6.59. The van der Waals surface area contributed by atoms with Crippen molar-refractivity contribution in [2.45, 2.75) is 46.1 Å². The van der Waals surface area contributed by atoms with Crippen molar-refractivity contribution in [2.75, 3.05) is 14.2 Å². The fraction of sp³-hybridized carbons (Fsp3) is 0.300. The molecule has 7 heteroatoms. The number of carbonyl (C=O) groups excluding carboxylic acids is 1. The number of rotatable bonds is 9. The lowest BCUT2D eigenvalue weighted by atomic mass is 10.1. The van der Waals surface area contributed by atoms with E-state index in [-0.39, 0.29) is 5.97 Å². The number of esters is 1. The number of benzene rings is 3. The Morgan fingerprint density at radius 2 is 1.73 bits per heavy atom. The third kappa shape index (κ3) is 4.46. The molecule has 2 heterocycles. The molecule has 0 atom stereocenters. The molecule has 2 aromatic heterocycles. The molecule has 0 saturated heterocycles. The van der Waals surface area contributed by atoms with E-state index in [4.69, 9.17) is 19.4 Å². The van der Waals surface area contributed by atoms with Gasteiger partial charge in [0.15, 0.2) is 0 Å². The number of hydrogen-bond donors (Lipinski definition) is 0. The molecule has 0 saturated carbocycles. The minimum absolute atomic E-state index is 0.365. The predicted molar refractivity (Wildman–Crippen MR) is 147 cm³/mol. The monoisotopic (exact) mass is 496 g/mol. The zero-order chi connectivity index (χ0) is 25.9. The molecule has 0 spiro atoms. The van der Waals surface area contributed by atoms with Crippen molar-refractivity contribution >= 4 is 28.0 Å². The van der Waals surface area contributed by atoms with E-state index in [1.165, 1.54) is 7.11 Å². The van der Waals surface area contributed by atoms with Crippen LogP contribution in [0.4, 0.5) is 0 Å². The van der Waals surface area contributed by atoms with Gasteiger partial charge in [-0.1, -0.05) is 26.3 Å². The molecule has 0 aliphatic carbocycles. The number of hydrogen-bond acceptors (Lipinski definition) is 5. The lowest BCUT2D eigenvalue weighted by Crippen LogP contribution is -2.04. The Morgan fingerprint density at radius 3 is 2.43 bits per heavy atom. The first-order valence-electron chi connectivity index (χ1n) is 12.8. The third-order valence-electron chi connectivity index (χ3n) is 6.70. The van der Waals surface area contributed by atoms with Gasteiger partial charge >= 0.3 is 5.97 Å². The molecule has 3 aromatic carbocycles. The van der Waals surface area contributed by atoms with Crippen molar-refractivity contribution in [3.05, 3.63) is 72.1 Å². The van der Waals surface area contributed by atoms with Crippen LogP contribution < -0.4 is 4.74 Å². The molecule has 0 aliphatic heterocycles. The van der Waals surface area contributed by atoms with Gasteiger partial charge in [-0.2, -0.15) is 0 Å². The molecule has 5 rings (SSSR count). The highest BCUT2D eigenvalue weighted by molar-refractivity contribution is 5.97. The van der Waals surface area contributed by atoms with E-state index in [1.54, 1.807) is 7.11 Å². The van der Waals surface area contributed by atoms with Crippen LogP contribution in [-0.4, -0.2) is 39.3 Å². The highest BCUT2D eigenvalue weighted by atomic mass is 16.5. The van der Waals surface area contributed by atoms with Crippen LogP contribution >= 0.6 is 0 Å². The Balaban J connectivity index is 1.79. The second-order valence-electron chi connectivity index (χ2n) is 9.12. The van der Waals surface area contributed by atoms with Gasteiger partial charge in [0.1, 0.15) is 17.4 Å². The van der Waals surface area contributed by atoms with Crippen LogP contribution in [0.25, 0.3) is 39.1 Å². The summed E-state index contributed by atoms with van der Waals surface area (Å²) in [5.74, 6) is 2.33. The summed E-state index contributed by atoms with van der Waals surface area (Å²) in [6.07, 6.45) is 3.93. The molecule has 0 amide bonds. The molecular weight excluding hydrogens is 464 g/mol. The van der Waals surface area contributed by atoms with Crippen LogP contribution in [-0.2, 0) is 17.7 Å². The van der Waals surface area contributed by atoms with E-state index >= 15 is 0 Å². The van der Waals surface area contributed by atoms with E-state index < -0.39 is 0 Å². The SMILES string of the molecule is CCCCn1c(-c2cccc3nc(CCC)n(-c4ccc(OC)cc4)c23)nc2cc(C(=O)OC)ccc21. The average Bonchev–Trinajstić information content (AvgIpc) is 3.49. The van der Waals surface area contributed by atoms with E-state index in [1.807, 2.05) is 36.4 Å². The molecule has 0 unspecified atom stereocenters. The van der Waals surface area contributed by atoms with E-state index in [0.29, 0.717) is 5.56 Å². The number of para-hydroxylation sites is 1. The van der Waals surface area contributed by atoms with E-state index in [2.05, 4.69) is 47.2 Å². The summed E-state index contributed by atoms with van der Waals surface area (Å²) in [5.41, 5.74) is 6.26. The van der Waals surface area contributed by atoms with Crippen molar-refractivity contribution in [2.24, 2.45) is 0 Å². The number of nitrogens with zero attached hydrogens (tertiary/aromatic N) is 4. The molecular formula is C30H32N4O3. The molecule has 0 fully saturated rings. The molecule has 37 heavy (non-hydrogen) atoms. The lowest BCUT2D eigenvalue weighted by molar-refractivity contribution is 0.0601. The summed E-state index contributed by atoms with van der Waals surface area (Å²) in [4.78, 5) is 22.3. The van der Waals surface area contributed by atoms with Crippen LogP contribution in [0.2, 0.25) is 0 Å². The molecule has 0 bridgehead atoms. The smallest absolute Gasteiger partial charge is 0.337 e. The van der Waals surface area contributed by atoms with Crippen LogP contribution in [0.5, 0.6) is 5.75 Å². The molecule has 190 valence electrons. The highest BCUT2D eigenvalue weighted by Crippen LogP contribution is 2.34. The number of aromatic nitrogens is 4. The van der Waals surface area contributed by atoms with Gasteiger partial charge in [-0.05, 0) is 67.4 Å². The molecule has 0 radical (unpaired) electrons. The number of fused-ring (bicyclic) bond motifs is 2. The largest absolute Gasteiger partial charge is 0.497 e. The summed E-state index contributed by atoms with van der Waals surface area (Å²) in [7, 11) is 3.07. The van der Waals surface area contributed by atoms with Crippen LogP contribution in [0.3, 0.4) is 0 Å². The summed E-state index contributed by atoms with van der Waals surface area (Å²) >= 11 is 0. The second-order valence-corrected chi connectivity index (χ2v) is 9.12. The standard InChI is InChI=1S/C30H32N4O3/c1-5-7-18-33-26-17-12-20(30(35)37-4)19-25(26)32-29(33)23-10-8-11-24-28(23)34(27(31-24)9-6-2)21-13-15-22(36-3)16-14-21/h8,10-17,19H,5-7,9,18H2,1-4H3. The Morgan fingerprint density at radius 1 is 0.919 bits per heavy atom. The van der Waals surface area contributed by atoms with E-state index in [0.717, 1.165) is 82.9 Å². The number of ether oxygens (including phenoxy) is 2. The van der Waals surface area contributed by atoms with E-state index in [9.17, 15) is 4.79 Å². The van der Waals surface area contributed by atoms with Crippen LogP contribution in [0.1, 0.15) is 49.3 Å². The van der Waals surface area contributed by atoms with Gasteiger partial charge in [0, 0.05) is 24.2 Å². The normalized spacial score (nSPS) is 11.4. The van der Waals surface area contributed by atoms with Crippen LogP contribution in [0, 0.1) is 0 Å². The first-order chi connectivity index (χ1) is 18.1. The van der Waals surface area contributed by atoms with Crippen molar-refractivity contribution in [1.29, 1.82) is 0 Å². The molecule has 0 aliphatic rings. The van der Waals surface area contributed by atoms with Crippen molar-refractivity contribution < 1.29 is 14.3 Å². The maximum absolute atomic E-state index is 12.2. The van der Waals surface area contributed by atoms with Crippen molar-refractivity contribution in [3.63, 3.8) is 0 Å². The minimum Gasteiger partial charge on any atom is -0.497 e. The maximum Gasteiger partial charge on any atom is 0.337 e. The fourth-order valence-corrected chi connectivity index (χ4v) is 4.88. The molecule has 5 aromatic rings. The van der Waals surface area contributed by atoms with Crippen molar-refractivity contribution in [1.82, 2.24) is 19.1 Å². The topological polar surface area (TPSA) is 71.2 Å². The lowest BCUT2D eigenvalue weighted by Gasteiger charge is -2.14. The van der Waals surface area contributed by atoms with Gasteiger partial charge in [0.25, 0.3) is 0 Å². The zero-order valence-corrected chi connectivity index (χ0v) is 21.8. The van der Waals surface area contributed by atoms with Gasteiger partial charge in [0.05, 0.1) is 41.8 Å². The number of unbranched alkanes of at least 4 members (excludes halogenated alkanes) is 1. The summed E-state index contributed by atoms with van der Waals surface area (Å²) in [6.45, 7) is 5.18. The van der Waals surface area contributed by atoms with Gasteiger partial charge in [-0.15, -0.1) is 0 Å². The fourth-order valence-electron chi connectivity index (χ4n) is 4.88. The minimum atomic E-state index is -0.365. The summed E-state index contributed by atoms with van der Waals surface area (Å²) < 4.78 is 14.8. The summed E-state index contributed by atoms with van der Waals surface area (Å²) in [5, 5.41) is 0. The molecule has 7 nitrogen and oxygen atoms in total. The van der Waals surface area contributed by atoms with Crippen LogP contribution in [0.15, 0.2) is 60.7 Å². The average molecular weight is 497 g/mol. The maximum atomic E-state index is 12.2. The first-order valence-corrected chi connectivity index (χ1v) is 12.8. The van der Waals surface area contributed by atoms with Gasteiger partial charge in [-0.3, -0.25) is 4.57 Å². The van der Waals surface area contributed by atoms with Gasteiger partial charge in [0.2, 0.25) is 0 Å². The zero-order valence-electron chi connectivity index (χ0n) is 21.8. The Bertz CT molecular complexity index is 1560. The Hall–Kier alpha value is -4.13. The summed E-state index contributed by atoms with van der Waals surface area (Å²) in [6, 6.07) is 19.9. The number of aryl methyl sites for hydroxylation is 2. The second kappa shape index (κ2) is 10.5. The first kappa shape index (κ1) is 24.6. The Labute approximate surface area is 216 Å². The van der Waals surface area contributed by atoms with Crippen molar-refractivity contribution in [3.8, 4) is 22.8 Å². The quantitative estimate of drug-likeness (QED) is 0.215. The number of carbonyl (C=O) groups is 1. The Kier molecular flexibility index (Phi) is 6.95. The van der Waals surface area contributed by atoms with Gasteiger partial charge in [-0.25, -0.2) is 14.8 Å². The molecule has 0 N–H and O–H groups in total. The van der Waals surface area contributed by atoms with Gasteiger partial charge < -0.3 is 14.0 Å². The highest BCUT2D eigenvalue weighted by Gasteiger charge is 2.21. The number of methoxy groups -OCH3 is 2.